The van der Waals surface area contributed by atoms with Crippen LogP contribution in [0.5, 0.6) is 0 Å². The van der Waals surface area contributed by atoms with Crippen LogP contribution in [0, 0.1) is 0 Å². The van der Waals surface area contributed by atoms with Crippen molar-refractivity contribution in [1.82, 2.24) is 10.6 Å². The quantitative estimate of drug-likeness (QED) is 0.790. The number of carbonyl (C=O) groups excluding carboxylic acids is 1. The van der Waals surface area contributed by atoms with Gasteiger partial charge >= 0.3 is 0 Å². The first-order valence-corrected chi connectivity index (χ1v) is 5.64. The third kappa shape index (κ3) is 3.66. The van der Waals surface area contributed by atoms with Gasteiger partial charge in [0.2, 0.25) is 5.91 Å². The molecule has 0 saturated carbocycles. The second kappa shape index (κ2) is 6.28. The molecule has 1 amide bonds. The molecular weight excluding hydrogens is 200 g/mol. The molecule has 0 fully saturated rings. The molecule has 0 aliphatic carbocycles. The number of hydrogen-bond donors (Lipinski definition) is 2. The Morgan fingerprint density at radius 3 is 2.44 bits per heavy atom. The smallest absolute Gasteiger partial charge is 0.234 e. The fourth-order valence-electron chi connectivity index (χ4n) is 1.64. The minimum atomic E-state index is 0.0396. The highest BCUT2D eigenvalue weighted by molar-refractivity contribution is 5.78. The number of benzene rings is 1. The van der Waals surface area contributed by atoms with Gasteiger partial charge in [-0.15, -0.1) is 0 Å². The Balaban J connectivity index is 2.54. The van der Waals surface area contributed by atoms with Crippen molar-refractivity contribution in [3.8, 4) is 0 Å². The fourth-order valence-corrected chi connectivity index (χ4v) is 1.64. The molecule has 3 nitrogen and oxygen atoms in total. The monoisotopic (exact) mass is 220 g/mol. The van der Waals surface area contributed by atoms with E-state index in [1.54, 1.807) is 7.05 Å². The van der Waals surface area contributed by atoms with Gasteiger partial charge in [0, 0.05) is 12.0 Å². The Morgan fingerprint density at radius 2 is 1.88 bits per heavy atom. The number of nitrogens with one attached hydrogen (secondary N) is 2. The van der Waals surface area contributed by atoms with E-state index in [2.05, 4.69) is 29.7 Å². The standard InChI is InChI=1S/C13H20N2O/c1-10(12-7-5-4-6-8-12)11(2)15-13(16)9-14-3/h4-8,10-11,14H,9H2,1-3H3,(H,15,16). The van der Waals surface area contributed by atoms with Crippen LogP contribution in [0.3, 0.4) is 0 Å². The second-order valence-corrected chi connectivity index (χ2v) is 4.09. The minimum Gasteiger partial charge on any atom is -0.352 e. The Bertz CT molecular complexity index is 324. The molecule has 1 aromatic rings. The van der Waals surface area contributed by atoms with Crippen LogP contribution in [0.1, 0.15) is 25.3 Å². The Morgan fingerprint density at radius 1 is 1.25 bits per heavy atom. The molecule has 0 radical (unpaired) electrons. The molecule has 2 atom stereocenters. The van der Waals surface area contributed by atoms with Crippen LogP contribution >= 0.6 is 0 Å². The van der Waals surface area contributed by atoms with E-state index in [9.17, 15) is 4.79 Å². The Kier molecular flexibility index (Phi) is 4.99. The van der Waals surface area contributed by atoms with E-state index >= 15 is 0 Å². The van der Waals surface area contributed by atoms with E-state index in [0.29, 0.717) is 12.5 Å². The lowest BCUT2D eigenvalue weighted by Crippen LogP contribution is -2.40. The highest BCUT2D eigenvalue weighted by Crippen LogP contribution is 2.18. The molecule has 88 valence electrons. The molecular formula is C13H20N2O. The van der Waals surface area contributed by atoms with Crippen LogP contribution in [-0.2, 0) is 4.79 Å². The summed E-state index contributed by atoms with van der Waals surface area (Å²) in [4.78, 5) is 11.4. The zero-order valence-corrected chi connectivity index (χ0v) is 10.2. The molecule has 1 aromatic carbocycles. The van der Waals surface area contributed by atoms with E-state index in [1.165, 1.54) is 5.56 Å². The molecule has 0 aliphatic heterocycles. The van der Waals surface area contributed by atoms with Crippen molar-refractivity contribution in [1.29, 1.82) is 0 Å². The first-order chi connectivity index (χ1) is 7.65. The van der Waals surface area contributed by atoms with Crippen molar-refractivity contribution >= 4 is 5.91 Å². The maximum atomic E-state index is 11.4. The molecule has 2 N–H and O–H groups in total. The zero-order chi connectivity index (χ0) is 12.0. The van der Waals surface area contributed by atoms with E-state index in [1.807, 2.05) is 25.1 Å². The lowest BCUT2D eigenvalue weighted by Gasteiger charge is -2.21. The van der Waals surface area contributed by atoms with E-state index < -0.39 is 0 Å². The summed E-state index contributed by atoms with van der Waals surface area (Å²) in [6, 6.07) is 10.4. The summed E-state index contributed by atoms with van der Waals surface area (Å²) in [5.74, 6) is 0.361. The topological polar surface area (TPSA) is 41.1 Å². The predicted molar refractivity (Wildman–Crippen MR) is 66.4 cm³/mol. The average molecular weight is 220 g/mol. The van der Waals surface area contributed by atoms with Crippen LogP contribution in [0.15, 0.2) is 30.3 Å². The third-order valence-electron chi connectivity index (χ3n) is 2.80. The lowest BCUT2D eigenvalue weighted by molar-refractivity contribution is -0.120. The molecule has 2 unspecified atom stereocenters. The van der Waals surface area contributed by atoms with Crippen LogP contribution < -0.4 is 10.6 Å². The summed E-state index contributed by atoms with van der Waals surface area (Å²) < 4.78 is 0. The molecule has 0 aliphatic rings. The van der Waals surface area contributed by atoms with Gasteiger partial charge in [0.25, 0.3) is 0 Å². The number of rotatable bonds is 5. The number of carbonyl (C=O) groups is 1. The maximum absolute atomic E-state index is 11.4. The van der Waals surface area contributed by atoms with Crippen molar-refractivity contribution in [3.05, 3.63) is 35.9 Å². The molecule has 0 spiro atoms. The highest BCUT2D eigenvalue weighted by Gasteiger charge is 2.15. The normalized spacial score (nSPS) is 14.2. The molecule has 0 aromatic heterocycles. The van der Waals surface area contributed by atoms with Crippen molar-refractivity contribution in [2.45, 2.75) is 25.8 Å². The van der Waals surface area contributed by atoms with Crippen LogP contribution in [0.25, 0.3) is 0 Å². The fraction of sp³-hybridized carbons (Fsp3) is 0.462. The van der Waals surface area contributed by atoms with Gasteiger partial charge in [0.15, 0.2) is 0 Å². The zero-order valence-electron chi connectivity index (χ0n) is 10.2. The Hall–Kier alpha value is -1.35. The van der Waals surface area contributed by atoms with Crippen molar-refractivity contribution in [2.75, 3.05) is 13.6 Å². The van der Waals surface area contributed by atoms with Gasteiger partial charge < -0.3 is 10.6 Å². The summed E-state index contributed by atoms with van der Waals surface area (Å²) >= 11 is 0. The number of hydrogen-bond acceptors (Lipinski definition) is 2. The first kappa shape index (κ1) is 12.7. The lowest BCUT2D eigenvalue weighted by atomic mass is 9.94. The summed E-state index contributed by atoms with van der Waals surface area (Å²) in [7, 11) is 1.77. The SMILES string of the molecule is CNCC(=O)NC(C)C(C)c1ccccc1. The van der Waals surface area contributed by atoms with E-state index in [-0.39, 0.29) is 11.9 Å². The largest absolute Gasteiger partial charge is 0.352 e. The summed E-state index contributed by atoms with van der Waals surface area (Å²) in [6.07, 6.45) is 0. The van der Waals surface area contributed by atoms with Gasteiger partial charge in [-0.1, -0.05) is 37.3 Å². The number of likely N-dealkylation sites (N-methyl/N-ethyl adjacent to an activating group) is 1. The van der Waals surface area contributed by atoms with Crippen molar-refractivity contribution < 1.29 is 4.79 Å². The summed E-state index contributed by atoms with van der Waals surface area (Å²) in [5, 5.41) is 5.82. The highest BCUT2D eigenvalue weighted by atomic mass is 16.1. The van der Waals surface area contributed by atoms with Gasteiger partial charge in [0.05, 0.1) is 6.54 Å². The predicted octanol–water partition coefficient (Wildman–Crippen LogP) is 1.51. The molecule has 0 saturated heterocycles. The van der Waals surface area contributed by atoms with Gasteiger partial charge in [0.1, 0.15) is 0 Å². The van der Waals surface area contributed by atoms with Crippen LogP contribution in [0.4, 0.5) is 0 Å². The van der Waals surface area contributed by atoms with Crippen molar-refractivity contribution in [3.63, 3.8) is 0 Å². The average Bonchev–Trinajstić information content (AvgIpc) is 2.29. The van der Waals surface area contributed by atoms with Crippen LogP contribution in [-0.4, -0.2) is 25.5 Å². The van der Waals surface area contributed by atoms with Gasteiger partial charge in [-0.3, -0.25) is 4.79 Å². The molecule has 3 heteroatoms. The first-order valence-electron chi connectivity index (χ1n) is 5.64. The second-order valence-electron chi connectivity index (χ2n) is 4.09. The molecule has 16 heavy (non-hydrogen) atoms. The van der Waals surface area contributed by atoms with E-state index in [0.717, 1.165) is 0 Å². The third-order valence-corrected chi connectivity index (χ3v) is 2.80. The van der Waals surface area contributed by atoms with Gasteiger partial charge in [-0.2, -0.15) is 0 Å². The van der Waals surface area contributed by atoms with Gasteiger partial charge in [-0.05, 0) is 19.5 Å². The van der Waals surface area contributed by atoms with Gasteiger partial charge in [-0.25, -0.2) is 0 Å². The van der Waals surface area contributed by atoms with Crippen molar-refractivity contribution in [2.24, 2.45) is 0 Å². The molecule has 0 heterocycles. The summed E-state index contributed by atoms with van der Waals surface area (Å²) in [6.45, 7) is 4.52. The Labute approximate surface area is 97.2 Å². The number of amides is 1. The maximum Gasteiger partial charge on any atom is 0.234 e. The van der Waals surface area contributed by atoms with E-state index in [4.69, 9.17) is 0 Å². The molecule has 0 bridgehead atoms. The summed E-state index contributed by atoms with van der Waals surface area (Å²) in [5.41, 5.74) is 1.25. The molecule has 1 rings (SSSR count). The van der Waals surface area contributed by atoms with Crippen LogP contribution in [0.2, 0.25) is 0 Å². The minimum absolute atomic E-state index is 0.0396.